The van der Waals surface area contributed by atoms with Gasteiger partial charge >= 0.3 is 0 Å². The smallest absolute Gasteiger partial charge is 0.234 e. The maximum Gasteiger partial charge on any atom is 0.234 e. The van der Waals surface area contributed by atoms with E-state index in [4.69, 9.17) is 0 Å². The van der Waals surface area contributed by atoms with Crippen LogP contribution in [0.1, 0.15) is 57.4 Å². The van der Waals surface area contributed by atoms with E-state index >= 15 is 0 Å². The predicted octanol–water partition coefficient (Wildman–Crippen LogP) is 3.75. The van der Waals surface area contributed by atoms with E-state index in [9.17, 15) is 18.4 Å². The van der Waals surface area contributed by atoms with Gasteiger partial charge in [0.2, 0.25) is 11.8 Å². The Hall–Kier alpha value is -1.98. The molecule has 0 saturated carbocycles. The molecule has 142 valence electrons. The second kappa shape index (κ2) is 7.72. The third-order valence-electron chi connectivity index (χ3n) is 5.44. The number of nitrogens with zero attached hydrogens (tertiary/aromatic N) is 1. The maximum atomic E-state index is 14.6. The summed E-state index contributed by atoms with van der Waals surface area (Å²) < 4.78 is 29.3. The topological polar surface area (TPSA) is 49.4 Å². The Morgan fingerprint density at radius 1 is 1.12 bits per heavy atom. The highest BCUT2D eigenvalue weighted by Gasteiger charge is 2.33. The van der Waals surface area contributed by atoms with Crippen molar-refractivity contribution < 1.29 is 18.4 Å². The van der Waals surface area contributed by atoms with Gasteiger partial charge in [0.15, 0.2) is 0 Å². The van der Waals surface area contributed by atoms with E-state index in [0.717, 1.165) is 25.9 Å². The summed E-state index contributed by atoms with van der Waals surface area (Å²) in [7, 11) is 0. The molecule has 1 aromatic rings. The van der Waals surface area contributed by atoms with Crippen molar-refractivity contribution in [3.63, 3.8) is 0 Å². The first-order chi connectivity index (χ1) is 12.3. The van der Waals surface area contributed by atoms with Crippen LogP contribution >= 0.6 is 0 Å². The van der Waals surface area contributed by atoms with Crippen LogP contribution < -0.4 is 10.2 Å². The van der Waals surface area contributed by atoms with E-state index in [1.54, 1.807) is 0 Å². The number of amides is 2. The summed E-state index contributed by atoms with van der Waals surface area (Å²) >= 11 is 0. The van der Waals surface area contributed by atoms with Crippen LogP contribution in [-0.2, 0) is 9.59 Å². The number of benzene rings is 1. The Morgan fingerprint density at radius 3 is 2.27 bits per heavy atom. The number of halogens is 2. The fraction of sp³-hybridized carbons (Fsp3) is 0.600. The number of anilines is 1. The number of hydrogen-bond acceptors (Lipinski definition) is 3. The van der Waals surface area contributed by atoms with E-state index in [1.165, 1.54) is 18.6 Å². The zero-order chi connectivity index (χ0) is 18.8. The number of carbonyl (C=O) groups excluding carboxylic acids is 2. The predicted molar refractivity (Wildman–Crippen MR) is 95.9 cm³/mol. The molecule has 2 aliphatic rings. The molecule has 2 aliphatic heterocycles. The molecule has 2 saturated heterocycles. The van der Waals surface area contributed by atoms with E-state index in [1.807, 2.05) is 4.90 Å². The number of piperidine rings is 2. The molecule has 6 heteroatoms. The zero-order valence-corrected chi connectivity index (χ0v) is 15.4. The van der Waals surface area contributed by atoms with Gasteiger partial charge in [-0.1, -0.05) is 13.8 Å². The second-order valence-corrected chi connectivity index (χ2v) is 7.89. The van der Waals surface area contributed by atoms with Crippen molar-refractivity contribution >= 4 is 17.5 Å². The number of hydrogen-bond donors (Lipinski definition) is 1. The monoisotopic (exact) mass is 364 g/mol. The van der Waals surface area contributed by atoms with Crippen LogP contribution in [0.25, 0.3) is 0 Å². The van der Waals surface area contributed by atoms with Crippen LogP contribution in [0, 0.1) is 23.5 Å². The van der Waals surface area contributed by atoms with Crippen LogP contribution in [0.3, 0.4) is 0 Å². The van der Waals surface area contributed by atoms with Crippen LogP contribution in [0.5, 0.6) is 0 Å². The molecule has 26 heavy (non-hydrogen) atoms. The molecule has 0 spiro atoms. The van der Waals surface area contributed by atoms with Gasteiger partial charge in [0.25, 0.3) is 0 Å². The van der Waals surface area contributed by atoms with Gasteiger partial charge < -0.3 is 4.90 Å². The lowest BCUT2D eigenvalue weighted by molar-refractivity contribution is -0.134. The fourth-order valence-electron chi connectivity index (χ4n) is 4.15. The third kappa shape index (κ3) is 4.05. The van der Waals surface area contributed by atoms with Crippen molar-refractivity contribution in [2.45, 2.75) is 51.9 Å². The molecule has 0 radical (unpaired) electrons. The van der Waals surface area contributed by atoms with Gasteiger partial charge in [-0.25, -0.2) is 8.78 Å². The number of carbonyl (C=O) groups is 2. The van der Waals surface area contributed by atoms with E-state index < -0.39 is 29.4 Å². The van der Waals surface area contributed by atoms with Gasteiger partial charge in [-0.3, -0.25) is 14.9 Å². The minimum absolute atomic E-state index is 0.0976. The SMILES string of the molecule is CC(C)CC1CCN(c2cc(F)c(C3CCC(=O)NC3=O)c(F)c2)CC1. The molecular formula is C20H26F2N2O2. The summed E-state index contributed by atoms with van der Waals surface area (Å²) in [5, 5.41) is 2.16. The molecule has 1 atom stereocenters. The Bertz CT molecular complexity index is 674. The first kappa shape index (κ1) is 18.8. The van der Waals surface area contributed by atoms with Crippen LogP contribution in [0.4, 0.5) is 14.5 Å². The van der Waals surface area contributed by atoms with Gasteiger partial charge in [-0.05, 0) is 49.7 Å². The summed E-state index contributed by atoms with van der Waals surface area (Å²) in [5.41, 5.74) is 0.299. The van der Waals surface area contributed by atoms with Gasteiger partial charge in [0, 0.05) is 30.8 Å². The lowest BCUT2D eigenvalue weighted by Crippen LogP contribution is -2.40. The van der Waals surface area contributed by atoms with Crippen molar-refractivity contribution in [1.29, 1.82) is 0 Å². The summed E-state index contributed by atoms with van der Waals surface area (Å²) in [6, 6.07) is 2.65. The zero-order valence-electron chi connectivity index (χ0n) is 15.4. The van der Waals surface area contributed by atoms with Crippen LogP contribution in [-0.4, -0.2) is 24.9 Å². The number of rotatable bonds is 4. The summed E-state index contributed by atoms with van der Waals surface area (Å²) in [6.45, 7) is 6.00. The van der Waals surface area contributed by atoms with Crippen molar-refractivity contribution in [3.05, 3.63) is 29.3 Å². The Morgan fingerprint density at radius 2 is 1.73 bits per heavy atom. The molecule has 2 fully saturated rings. The summed E-state index contributed by atoms with van der Waals surface area (Å²) in [5.74, 6) is -2.05. The summed E-state index contributed by atoms with van der Waals surface area (Å²) in [4.78, 5) is 25.2. The highest BCUT2D eigenvalue weighted by atomic mass is 19.1. The fourth-order valence-corrected chi connectivity index (χ4v) is 4.15. The van der Waals surface area contributed by atoms with Crippen LogP contribution in [0.15, 0.2) is 12.1 Å². The highest BCUT2D eigenvalue weighted by molar-refractivity contribution is 6.01. The average molecular weight is 364 g/mol. The molecule has 3 rings (SSSR count). The normalized spacial score (nSPS) is 22.0. The van der Waals surface area contributed by atoms with Crippen LogP contribution in [0.2, 0.25) is 0 Å². The molecule has 1 unspecified atom stereocenters. The number of nitrogens with one attached hydrogen (secondary N) is 1. The first-order valence-corrected chi connectivity index (χ1v) is 9.42. The van der Waals surface area contributed by atoms with E-state index in [0.29, 0.717) is 17.5 Å². The second-order valence-electron chi connectivity index (χ2n) is 7.89. The van der Waals surface area contributed by atoms with Crippen molar-refractivity contribution in [2.75, 3.05) is 18.0 Å². The average Bonchev–Trinajstić information content (AvgIpc) is 2.56. The maximum absolute atomic E-state index is 14.6. The van der Waals surface area contributed by atoms with E-state index in [2.05, 4.69) is 19.2 Å². The minimum Gasteiger partial charge on any atom is -0.371 e. The molecule has 0 aromatic heterocycles. The molecule has 0 bridgehead atoms. The standard InChI is InChI=1S/C20H26F2N2O2/c1-12(2)9-13-5-7-24(8-6-13)14-10-16(21)19(17(22)11-14)15-3-4-18(25)23-20(15)26/h10-13,15H,3-9H2,1-2H3,(H,23,25,26). The van der Waals surface area contributed by atoms with Crippen molar-refractivity contribution in [2.24, 2.45) is 11.8 Å². The minimum atomic E-state index is -0.946. The molecule has 1 N–H and O–H groups in total. The molecule has 0 aliphatic carbocycles. The molecule has 2 heterocycles. The van der Waals surface area contributed by atoms with Gasteiger partial charge in [-0.2, -0.15) is 0 Å². The van der Waals surface area contributed by atoms with Gasteiger partial charge in [-0.15, -0.1) is 0 Å². The van der Waals surface area contributed by atoms with E-state index in [-0.39, 0.29) is 18.4 Å². The van der Waals surface area contributed by atoms with Gasteiger partial charge in [0.1, 0.15) is 11.6 Å². The Labute approximate surface area is 152 Å². The quantitative estimate of drug-likeness (QED) is 0.828. The molecular weight excluding hydrogens is 338 g/mol. The number of imide groups is 1. The Kier molecular flexibility index (Phi) is 5.58. The Balaban J connectivity index is 1.74. The van der Waals surface area contributed by atoms with Gasteiger partial charge in [0.05, 0.1) is 5.92 Å². The molecule has 2 amide bonds. The summed E-state index contributed by atoms with van der Waals surface area (Å²) in [6.07, 6.45) is 3.47. The lowest BCUT2D eigenvalue weighted by Gasteiger charge is -2.34. The van der Waals surface area contributed by atoms with Crippen molar-refractivity contribution in [3.8, 4) is 0 Å². The molecule has 4 nitrogen and oxygen atoms in total. The third-order valence-corrected chi connectivity index (χ3v) is 5.44. The highest BCUT2D eigenvalue weighted by Crippen LogP contribution is 2.34. The lowest BCUT2D eigenvalue weighted by atomic mass is 9.87. The first-order valence-electron chi connectivity index (χ1n) is 9.42. The van der Waals surface area contributed by atoms with Crippen molar-refractivity contribution in [1.82, 2.24) is 5.32 Å². The molecule has 1 aromatic carbocycles. The largest absolute Gasteiger partial charge is 0.371 e.